The zero-order valence-electron chi connectivity index (χ0n) is 27.4. The van der Waals surface area contributed by atoms with Crippen LogP contribution in [0.3, 0.4) is 0 Å². The molecule has 2 aromatic heterocycles. The maximum atomic E-state index is 14.1. The van der Waals surface area contributed by atoms with Crippen molar-refractivity contribution < 1.29 is 19.2 Å². The van der Waals surface area contributed by atoms with Gasteiger partial charge in [0.2, 0.25) is 11.8 Å². The van der Waals surface area contributed by atoms with Crippen LogP contribution in [0.4, 0.5) is 5.82 Å². The molecule has 0 saturated carbocycles. The van der Waals surface area contributed by atoms with Gasteiger partial charge in [0, 0.05) is 32.1 Å². The van der Waals surface area contributed by atoms with Crippen molar-refractivity contribution in [2.75, 3.05) is 37.6 Å². The van der Waals surface area contributed by atoms with Crippen molar-refractivity contribution in [3.63, 3.8) is 0 Å². The molecule has 0 spiro atoms. The molecule has 0 aliphatic carbocycles. The predicted molar refractivity (Wildman–Crippen MR) is 180 cm³/mol. The molecule has 248 valence electrons. The smallest absolute Gasteiger partial charge is 0.243 e. The van der Waals surface area contributed by atoms with Crippen molar-refractivity contribution in [2.45, 2.75) is 83.9 Å². The normalized spacial score (nSPS) is 22.7. The molecule has 3 aliphatic rings. The summed E-state index contributed by atoms with van der Waals surface area (Å²) >= 11 is 1.61. The third-order valence-electron chi connectivity index (χ3n) is 10.3. The van der Waals surface area contributed by atoms with Crippen LogP contribution in [0.25, 0.3) is 10.4 Å². The van der Waals surface area contributed by atoms with E-state index in [1.807, 2.05) is 63.5 Å². The second-order valence-electron chi connectivity index (χ2n) is 13.7. The lowest BCUT2D eigenvalue weighted by Gasteiger charge is -2.37. The molecule has 2 amide bonds. The highest BCUT2D eigenvalue weighted by atomic mass is 32.1. The molecule has 11 heteroatoms. The lowest BCUT2D eigenvalue weighted by molar-refractivity contribution is -0.141. The van der Waals surface area contributed by atoms with Gasteiger partial charge in [-0.2, -0.15) is 0 Å². The molecule has 3 fully saturated rings. The molecular formula is C35H48N6O4S. The largest absolute Gasteiger partial charge is 0.391 e. The fourth-order valence-electron chi connectivity index (χ4n) is 7.61. The number of aliphatic hydroxyl groups excluding tert-OH is 1. The summed E-state index contributed by atoms with van der Waals surface area (Å²) in [5.41, 5.74) is 4.90. The van der Waals surface area contributed by atoms with Gasteiger partial charge in [-0.1, -0.05) is 43.3 Å². The van der Waals surface area contributed by atoms with Crippen LogP contribution in [0.15, 0.2) is 40.4 Å². The van der Waals surface area contributed by atoms with Crippen LogP contribution < -0.4 is 15.5 Å². The Hall–Kier alpha value is -3.28. The lowest BCUT2D eigenvalue weighted by Crippen LogP contribution is -2.48. The van der Waals surface area contributed by atoms with Crippen molar-refractivity contribution in [3.8, 4) is 10.4 Å². The number of piperidine rings is 2. The van der Waals surface area contributed by atoms with E-state index in [2.05, 4.69) is 25.7 Å². The van der Waals surface area contributed by atoms with E-state index < -0.39 is 18.1 Å². The minimum absolute atomic E-state index is 0.0833. The van der Waals surface area contributed by atoms with Crippen LogP contribution in [-0.4, -0.2) is 76.8 Å². The van der Waals surface area contributed by atoms with E-state index >= 15 is 0 Å². The molecule has 10 nitrogen and oxygen atoms in total. The zero-order valence-corrected chi connectivity index (χ0v) is 28.3. The molecule has 0 bridgehead atoms. The molecule has 3 aliphatic heterocycles. The number of amides is 2. The molecule has 3 aromatic rings. The first-order valence-corrected chi connectivity index (χ1v) is 17.8. The SMILES string of the molecule is Cc1ncsc1-c1ccc(C(C)NC(=O)[C@@H]2C[C@@H](O)CN2C(=O)C(c2cc(N3CCC(C4CCNCC4)CC3)no2)C(C)C)cc1. The number of nitrogens with zero attached hydrogens (tertiary/aromatic N) is 4. The number of β-amino-alcohol motifs (C(OH)–C–C–N with tert-alkyl or cyclic N) is 1. The number of likely N-dealkylation sites (tertiary alicyclic amines) is 1. The van der Waals surface area contributed by atoms with Crippen LogP contribution in [0, 0.1) is 24.7 Å². The van der Waals surface area contributed by atoms with Gasteiger partial charge in [0.25, 0.3) is 0 Å². The summed E-state index contributed by atoms with van der Waals surface area (Å²) in [7, 11) is 0. The highest BCUT2D eigenvalue weighted by Crippen LogP contribution is 2.36. The monoisotopic (exact) mass is 648 g/mol. The Kier molecular flexibility index (Phi) is 10.1. The van der Waals surface area contributed by atoms with Crippen LogP contribution in [0.5, 0.6) is 0 Å². The van der Waals surface area contributed by atoms with Crippen molar-refractivity contribution in [2.24, 2.45) is 17.8 Å². The van der Waals surface area contributed by atoms with Gasteiger partial charge in [0.05, 0.1) is 28.2 Å². The van der Waals surface area contributed by atoms with Gasteiger partial charge >= 0.3 is 0 Å². The summed E-state index contributed by atoms with van der Waals surface area (Å²) in [6.45, 7) is 12.1. The fraction of sp³-hybridized carbons (Fsp3) is 0.600. The fourth-order valence-corrected chi connectivity index (χ4v) is 8.42. The maximum Gasteiger partial charge on any atom is 0.243 e. The number of carbonyl (C=O) groups excluding carboxylic acids is 2. The average Bonchev–Trinajstić information content (AvgIpc) is 3.82. The Balaban J connectivity index is 1.10. The standard InChI is InChI=1S/C35H48N6O4S/c1-21(2)32(30-18-31(39-45-30)40-15-11-26(12-16-40)25-9-13-36-14-10-25)35(44)41-19-28(42)17-29(41)34(43)38-22(3)24-5-7-27(8-6-24)33-23(4)37-20-46-33/h5-8,18,20-22,25-26,28-29,32,36,42H,9-17,19H2,1-4H3,(H,38,43)/t22?,28-,29+,32?/m1/s1. The molecular weight excluding hydrogens is 600 g/mol. The number of hydrogen-bond donors (Lipinski definition) is 3. The van der Waals surface area contributed by atoms with E-state index in [-0.39, 0.29) is 36.7 Å². The number of nitrogens with one attached hydrogen (secondary N) is 2. The summed E-state index contributed by atoms with van der Waals surface area (Å²) in [6, 6.07) is 8.99. The second-order valence-corrected chi connectivity index (χ2v) is 14.6. The molecule has 3 N–H and O–H groups in total. The molecule has 46 heavy (non-hydrogen) atoms. The first kappa shape index (κ1) is 32.7. The summed E-state index contributed by atoms with van der Waals surface area (Å²) < 4.78 is 5.84. The molecule has 1 aromatic carbocycles. The van der Waals surface area contributed by atoms with Crippen molar-refractivity contribution >= 4 is 29.0 Å². The van der Waals surface area contributed by atoms with Crippen LogP contribution in [-0.2, 0) is 9.59 Å². The van der Waals surface area contributed by atoms with E-state index in [9.17, 15) is 14.7 Å². The Morgan fingerprint density at radius 2 is 1.76 bits per heavy atom. The Morgan fingerprint density at radius 3 is 2.41 bits per heavy atom. The minimum Gasteiger partial charge on any atom is -0.391 e. The molecule has 3 saturated heterocycles. The third kappa shape index (κ3) is 7.01. The Bertz CT molecular complexity index is 1470. The Labute approximate surface area is 275 Å². The summed E-state index contributed by atoms with van der Waals surface area (Å²) in [5, 5.41) is 21.6. The maximum absolute atomic E-state index is 14.1. The number of aromatic nitrogens is 2. The van der Waals surface area contributed by atoms with Gasteiger partial charge in [-0.25, -0.2) is 4.98 Å². The number of rotatable bonds is 9. The summed E-state index contributed by atoms with van der Waals surface area (Å²) in [4.78, 5) is 37.0. The van der Waals surface area contributed by atoms with Crippen LogP contribution in [0.2, 0.25) is 0 Å². The molecule has 6 rings (SSSR count). The number of thiazole rings is 1. The predicted octanol–water partition coefficient (Wildman–Crippen LogP) is 4.90. The van der Waals surface area contributed by atoms with Gasteiger partial charge in [-0.05, 0) is 81.5 Å². The Morgan fingerprint density at radius 1 is 1.07 bits per heavy atom. The van der Waals surface area contributed by atoms with Crippen LogP contribution >= 0.6 is 11.3 Å². The zero-order chi connectivity index (χ0) is 32.4. The first-order valence-electron chi connectivity index (χ1n) is 16.9. The van der Waals surface area contributed by atoms with E-state index in [1.165, 1.54) is 12.8 Å². The molecule has 2 unspecified atom stereocenters. The molecule has 4 atom stereocenters. The van der Waals surface area contributed by atoms with Gasteiger partial charge in [0.15, 0.2) is 11.6 Å². The first-order chi connectivity index (χ1) is 22.2. The van der Waals surface area contributed by atoms with Crippen molar-refractivity contribution in [1.29, 1.82) is 0 Å². The summed E-state index contributed by atoms with van der Waals surface area (Å²) in [5.74, 6) is 1.69. The van der Waals surface area contributed by atoms with Gasteiger partial charge < -0.3 is 30.1 Å². The average molecular weight is 649 g/mol. The third-order valence-corrected chi connectivity index (χ3v) is 11.3. The minimum atomic E-state index is -0.767. The van der Waals surface area contributed by atoms with Gasteiger partial charge in [-0.3, -0.25) is 9.59 Å². The van der Waals surface area contributed by atoms with E-state index in [0.29, 0.717) is 5.76 Å². The van der Waals surface area contributed by atoms with Crippen molar-refractivity contribution in [3.05, 3.63) is 52.9 Å². The summed E-state index contributed by atoms with van der Waals surface area (Å²) in [6.07, 6.45) is 4.26. The molecule has 0 radical (unpaired) electrons. The van der Waals surface area contributed by atoms with Crippen LogP contribution in [0.1, 0.15) is 81.9 Å². The topological polar surface area (TPSA) is 124 Å². The number of hydrogen-bond acceptors (Lipinski definition) is 9. The van der Waals surface area contributed by atoms with Crippen molar-refractivity contribution in [1.82, 2.24) is 25.7 Å². The van der Waals surface area contributed by atoms with E-state index in [0.717, 1.165) is 78.4 Å². The highest BCUT2D eigenvalue weighted by Gasteiger charge is 2.43. The molecule has 5 heterocycles. The quantitative estimate of drug-likeness (QED) is 0.300. The van der Waals surface area contributed by atoms with Gasteiger partial charge in [-0.15, -0.1) is 11.3 Å². The number of benzene rings is 1. The number of anilines is 1. The number of aryl methyl sites for hydroxylation is 1. The van der Waals surface area contributed by atoms with E-state index in [4.69, 9.17) is 4.52 Å². The number of aliphatic hydroxyl groups is 1. The highest BCUT2D eigenvalue weighted by molar-refractivity contribution is 7.13. The van der Waals surface area contributed by atoms with E-state index in [1.54, 1.807) is 16.2 Å². The lowest BCUT2D eigenvalue weighted by atomic mass is 9.79. The second kappa shape index (κ2) is 14.2. The number of carbonyl (C=O) groups is 2. The van der Waals surface area contributed by atoms with Gasteiger partial charge in [0.1, 0.15) is 12.0 Å².